The first-order valence-electron chi connectivity index (χ1n) is 9.84. The van der Waals surface area contributed by atoms with Crippen LogP contribution in [-0.2, 0) is 6.42 Å². The summed E-state index contributed by atoms with van der Waals surface area (Å²) in [5.74, 6) is 1.70. The zero-order chi connectivity index (χ0) is 21.3. The molecule has 0 spiro atoms. The van der Waals surface area contributed by atoms with E-state index >= 15 is 0 Å². The molecule has 156 valence electrons. The van der Waals surface area contributed by atoms with E-state index in [1.54, 1.807) is 18.7 Å². The number of hydrogen-bond donors (Lipinski definition) is 1. The Labute approximate surface area is 174 Å². The molecule has 8 nitrogen and oxygen atoms in total. The van der Waals surface area contributed by atoms with Crippen LogP contribution in [0.1, 0.15) is 35.6 Å². The number of hydrogen-bond acceptors (Lipinski definition) is 6. The van der Waals surface area contributed by atoms with Crippen LogP contribution in [-0.4, -0.2) is 40.7 Å². The van der Waals surface area contributed by atoms with Crippen LogP contribution >= 0.6 is 0 Å². The number of rotatable bonds is 6. The number of carbonyl (C=O) groups excluding carboxylic acids is 1. The van der Waals surface area contributed by atoms with Gasteiger partial charge < -0.3 is 19.5 Å². The Morgan fingerprint density at radius 1 is 1.33 bits per heavy atom. The third-order valence-corrected chi connectivity index (χ3v) is 4.95. The number of nitrogens with one attached hydrogen (secondary N) is 1. The van der Waals surface area contributed by atoms with Crippen LogP contribution in [0.25, 0.3) is 5.69 Å². The molecule has 2 aromatic carbocycles. The van der Waals surface area contributed by atoms with Crippen LogP contribution in [0.15, 0.2) is 36.4 Å². The normalized spacial score (nSPS) is 14.7. The third-order valence-electron chi connectivity index (χ3n) is 4.95. The predicted molar refractivity (Wildman–Crippen MR) is 112 cm³/mol. The molecule has 0 radical (unpaired) electrons. The van der Waals surface area contributed by atoms with Crippen molar-refractivity contribution in [3.05, 3.63) is 53.3 Å². The molecule has 2 heterocycles. The van der Waals surface area contributed by atoms with Crippen molar-refractivity contribution >= 4 is 11.6 Å². The number of benzene rings is 2. The molecule has 0 saturated carbocycles. The van der Waals surface area contributed by atoms with Crippen molar-refractivity contribution in [2.24, 2.45) is 0 Å². The fourth-order valence-corrected chi connectivity index (χ4v) is 3.52. The van der Waals surface area contributed by atoms with Crippen LogP contribution in [0, 0.1) is 6.92 Å². The maximum atomic E-state index is 13.0. The lowest BCUT2D eigenvalue weighted by molar-refractivity contribution is 0.102. The number of anilines is 1. The molecule has 1 aliphatic rings. The predicted octanol–water partition coefficient (Wildman–Crippen LogP) is 3.56. The maximum Gasteiger partial charge on any atom is 0.278 e. The van der Waals surface area contributed by atoms with Gasteiger partial charge in [0.2, 0.25) is 0 Å². The van der Waals surface area contributed by atoms with Gasteiger partial charge in [0.1, 0.15) is 23.4 Å². The molecule has 1 aliphatic heterocycles. The summed E-state index contributed by atoms with van der Waals surface area (Å²) in [4.78, 5) is 13.0. The molecule has 1 amide bonds. The second-order valence-corrected chi connectivity index (χ2v) is 7.11. The van der Waals surface area contributed by atoms with Crippen molar-refractivity contribution in [1.82, 2.24) is 15.0 Å². The lowest BCUT2D eigenvalue weighted by Crippen LogP contribution is -2.15. The fraction of sp³-hybridized carbons (Fsp3) is 0.318. The lowest BCUT2D eigenvalue weighted by atomic mass is 10.1. The first kappa shape index (κ1) is 19.8. The summed E-state index contributed by atoms with van der Waals surface area (Å²) in [7, 11) is 1.60. The van der Waals surface area contributed by atoms with Crippen molar-refractivity contribution in [1.29, 1.82) is 0 Å². The van der Waals surface area contributed by atoms with Gasteiger partial charge in [-0.2, -0.15) is 0 Å². The number of ether oxygens (including phenoxy) is 3. The quantitative estimate of drug-likeness (QED) is 0.671. The second kappa shape index (κ2) is 8.06. The van der Waals surface area contributed by atoms with Gasteiger partial charge in [-0.1, -0.05) is 11.3 Å². The molecule has 4 rings (SSSR count). The average molecular weight is 408 g/mol. The van der Waals surface area contributed by atoms with E-state index in [1.807, 2.05) is 50.2 Å². The molecule has 1 unspecified atom stereocenters. The van der Waals surface area contributed by atoms with E-state index in [-0.39, 0.29) is 17.7 Å². The van der Waals surface area contributed by atoms with E-state index in [0.717, 1.165) is 23.4 Å². The Kier molecular flexibility index (Phi) is 5.31. The number of aromatic nitrogens is 3. The van der Waals surface area contributed by atoms with E-state index in [9.17, 15) is 4.79 Å². The number of methoxy groups -OCH3 is 1. The van der Waals surface area contributed by atoms with Crippen molar-refractivity contribution < 1.29 is 19.0 Å². The van der Waals surface area contributed by atoms with Crippen LogP contribution in [0.2, 0.25) is 0 Å². The zero-order valence-electron chi connectivity index (χ0n) is 17.4. The first-order chi connectivity index (χ1) is 14.5. The molecule has 1 atom stereocenters. The van der Waals surface area contributed by atoms with Crippen LogP contribution in [0.5, 0.6) is 17.2 Å². The summed E-state index contributed by atoms with van der Waals surface area (Å²) in [5, 5.41) is 11.1. The topological polar surface area (TPSA) is 87.5 Å². The smallest absolute Gasteiger partial charge is 0.278 e. The van der Waals surface area contributed by atoms with Gasteiger partial charge in [0.05, 0.1) is 30.8 Å². The average Bonchev–Trinajstić information content (AvgIpc) is 3.29. The summed E-state index contributed by atoms with van der Waals surface area (Å²) in [6.45, 7) is 6.20. The van der Waals surface area contributed by atoms with Crippen molar-refractivity contribution in [2.45, 2.75) is 33.3 Å². The highest BCUT2D eigenvalue weighted by Gasteiger charge is 2.24. The third kappa shape index (κ3) is 3.68. The van der Waals surface area contributed by atoms with Gasteiger partial charge in [-0.15, -0.1) is 5.10 Å². The molecule has 1 N–H and O–H groups in total. The highest BCUT2D eigenvalue weighted by atomic mass is 16.5. The molecule has 8 heteroatoms. The number of fused-ring (bicyclic) bond motifs is 1. The molecule has 0 fully saturated rings. The van der Waals surface area contributed by atoms with Gasteiger partial charge in [0.15, 0.2) is 5.69 Å². The summed E-state index contributed by atoms with van der Waals surface area (Å²) in [6.07, 6.45) is 0.919. The minimum absolute atomic E-state index is 0.102. The van der Waals surface area contributed by atoms with Crippen LogP contribution in [0.3, 0.4) is 0 Å². The molecule has 0 saturated heterocycles. The van der Waals surface area contributed by atoms with Gasteiger partial charge in [-0.3, -0.25) is 4.79 Å². The zero-order valence-corrected chi connectivity index (χ0v) is 17.4. The van der Waals surface area contributed by atoms with Gasteiger partial charge in [0, 0.05) is 24.1 Å². The molecule has 0 aliphatic carbocycles. The van der Waals surface area contributed by atoms with Crippen molar-refractivity contribution in [2.75, 3.05) is 19.0 Å². The Morgan fingerprint density at radius 3 is 2.93 bits per heavy atom. The molecule has 0 bridgehead atoms. The largest absolute Gasteiger partial charge is 0.497 e. The molecule has 3 aromatic rings. The minimum Gasteiger partial charge on any atom is -0.497 e. The molecular weight excluding hydrogens is 384 g/mol. The highest BCUT2D eigenvalue weighted by Crippen LogP contribution is 2.38. The van der Waals surface area contributed by atoms with Gasteiger partial charge in [-0.05, 0) is 39.0 Å². The molecule has 30 heavy (non-hydrogen) atoms. The lowest BCUT2D eigenvalue weighted by Gasteiger charge is -2.13. The monoisotopic (exact) mass is 408 g/mol. The standard InChI is InChI=1S/C22H24N4O4/c1-5-29-20-10-15-9-13(2)30-19(15)12-18(20)23-22(27)21-14(3)26(25-24-21)16-7-6-8-17(11-16)28-4/h6-8,10-13H,5,9H2,1-4H3,(H,23,27). The maximum absolute atomic E-state index is 13.0. The highest BCUT2D eigenvalue weighted by molar-refractivity contribution is 6.04. The summed E-state index contributed by atoms with van der Waals surface area (Å²) in [6, 6.07) is 11.1. The minimum atomic E-state index is -0.367. The van der Waals surface area contributed by atoms with Crippen molar-refractivity contribution in [3.8, 4) is 22.9 Å². The Balaban J connectivity index is 1.62. The van der Waals surface area contributed by atoms with Gasteiger partial charge in [-0.25, -0.2) is 4.68 Å². The first-order valence-corrected chi connectivity index (χ1v) is 9.84. The summed E-state index contributed by atoms with van der Waals surface area (Å²) in [5.41, 5.74) is 3.22. The SMILES string of the molecule is CCOc1cc2c(cc1NC(=O)c1nnn(-c3cccc(OC)c3)c1C)OC(C)C2. The number of nitrogens with zero attached hydrogens (tertiary/aromatic N) is 3. The Morgan fingerprint density at radius 2 is 2.17 bits per heavy atom. The van der Waals surface area contributed by atoms with E-state index in [1.165, 1.54) is 0 Å². The van der Waals surface area contributed by atoms with E-state index in [0.29, 0.717) is 29.5 Å². The van der Waals surface area contributed by atoms with Gasteiger partial charge in [0.25, 0.3) is 5.91 Å². The second-order valence-electron chi connectivity index (χ2n) is 7.11. The number of carbonyl (C=O) groups is 1. The fourth-order valence-electron chi connectivity index (χ4n) is 3.52. The Hall–Kier alpha value is -3.55. The van der Waals surface area contributed by atoms with E-state index < -0.39 is 0 Å². The summed E-state index contributed by atoms with van der Waals surface area (Å²) < 4.78 is 18.4. The molecular formula is C22H24N4O4. The van der Waals surface area contributed by atoms with Crippen LogP contribution in [0.4, 0.5) is 5.69 Å². The van der Waals surface area contributed by atoms with Gasteiger partial charge >= 0.3 is 0 Å². The number of amides is 1. The van der Waals surface area contributed by atoms with Crippen LogP contribution < -0.4 is 19.5 Å². The van der Waals surface area contributed by atoms with E-state index in [2.05, 4.69) is 15.6 Å². The Bertz CT molecular complexity index is 1090. The summed E-state index contributed by atoms with van der Waals surface area (Å²) >= 11 is 0. The van der Waals surface area contributed by atoms with Crippen molar-refractivity contribution in [3.63, 3.8) is 0 Å². The van der Waals surface area contributed by atoms with E-state index in [4.69, 9.17) is 14.2 Å². The molecule has 1 aromatic heterocycles.